The zero-order valence-corrected chi connectivity index (χ0v) is 9.66. The van der Waals surface area contributed by atoms with Gasteiger partial charge in [-0.05, 0) is 30.8 Å². The fourth-order valence-corrected chi connectivity index (χ4v) is 1.90. The average Bonchev–Trinajstić information content (AvgIpc) is 2.26. The molecule has 0 fully saturated rings. The SMILES string of the molecule is CNS(=O)(=O)c1ccc(/C=C/C(=O)O)cc1F. The van der Waals surface area contributed by atoms with Crippen molar-refractivity contribution in [1.82, 2.24) is 4.72 Å². The summed E-state index contributed by atoms with van der Waals surface area (Å²) in [5, 5.41) is 8.38. The monoisotopic (exact) mass is 259 g/mol. The molecular weight excluding hydrogens is 249 g/mol. The molecule has 5 nitrogen and oxygen atoms in total. The van der Waals surface area contributed by atoms with Gasteiger partial charge in [0.2, 0.25) is 10.0 Å². The lowest BCUT2D eigenvalue weighted by molar-refractivity contribution is -0.131. The molecule has 92 valence electrons. The van der Waals surface area contributed by atoms with Crippen molar-refractivity contribution in [2.75, 3.05) is 7.05 Å². The van der Waals surface area contributed by atoms with E-state index in [4.69, 9.17) is 5.11 Å². The highest BCUT2D eigenvalue weighted by Gasteiger charge is 2.16. The summed E-state index contributed by atoms with van der Waals surface area (Å²) < 4.78 is 38.1. The molecule has 7 heteroatoms. The number of hydrogen-bond acceptors (Lipinski definition) is 3. The molecule has 0 heterocycles. The molecule has 1 aromatic carbocycles. The van der Waals surface area contributed by atoms with Crippen LogP contribution in [-0.4, -0.2) is 26.5 Å². The van der Waals surface area contributed by atoms with Gasteiger partial charge in [-0.3, -0.25) is 0 Å². The van der Waals surface area contributed by atoms with Crippen molar-refractivity contribution in [3.8, 4) is 0 Å². The molecule has 2 N–H and O–H groups in total. The predicted molar refractivity (Wildman–Crippen MR) is 59.3 cm³/mol. The average molecular weight is 259 g/mol. The summed E-state index contributed by atoms with van der Waals surface area (Å²) in [6.45, 7) is 0. The van der Waals surface area contributed by atoms with Gasteiger partial charge in [0.25, 0.3) is 0 Å². The minimum Gasteiger partial charge on any atom is -0.478 e. The smallest absolute Gasteiger partial charge is 0.328 e. The topological polar surface area (TPSA) is 83.5 Å². The minimum absolute atomic E-state index is 0.264. The number of benzene rings is 1. The number of aliphatic carboxylic acids is 1. The van der Waals surface area contributed by atoms with Crippen LogP contribution in [0.25, 0.3) is 6.08 Å². The van der Waals surface area contributed by atoms with E-state index in [1.165, 1.54) is 19.2 Å². The first-order valence-corrected chi connectivity index (χ1v) is 5.99. The van der Waals surface area contributed by atoms with E-state index in [9.17, 15) is 17.6 Å². The Labute approximate surface area is 97.6 Å². The maximum absolute atomic E-state index is 13.5. The van der Waals surface area contributed by atoms with Gasteiger partial charge >= 0.3 is 5.97 Å². The van der Waals surface area contributed by atoms with Crippen LogP contribution in [0.1, 0.15) is 5.56 Å². The van der Waals surface area contributed by atoms with Crippen molar-refractivity contribution in [1.29, 1.82) is 0 Å². The molecule has 17 heavy (non-hydrogen) atoms. The van der Waals surface area contributed by atoms with E-state index in [1.54, 1.807) is 0 Å². The number of nitrogens with one attached hydrogen (secondary N) is 1. The highest BCUT2D eigenvalue weighted by molar-refractivity contribution is 7.89. The number of halogens is 1. The number of sulfonamides is 1. The highest BCUT2D eigenvalue weighted by atomic mass is 32.2. The zero-order valence-electron chi connectivity index (χ0n) is 8.84. The van der Waals surface area contributed by atoms with Crippen LogP contribution in [0.3, 0.4) is 0 Å². The molecule has 0 unspecified atom stereocenters. The van der Waals surface area contributed by atoms with Gasteiger partial charge in [-0.1, -0.05) is 6.07 Å². The van der Waals surface area contributed by atoms with Gasteiger partial charge in [0.15, 0.2) is 0 Å². The predicted octanol–water partition coefficient (Wildman–Crippen LogP) is 0.832. The number of carboxylic acids is 1. The van der Waals surface area contributed by atoms with E-state index >= 15 is 0 Å². The van der Waals surface area contributed by atoms with Crippen molar-refractivity contribution in [3.05, 3.63) is 35.7 Å². The molecular formula is C10H10FNO4S. The maximum atomic E-state index is 13.5. The van der Waals surface area contributed by atoms with E-state index in [-0.39, 0.29) is 5.56 Å². The summed E-state index contributed by atoms with van der Waals surface area (Å²) in [5.74, 6) is -2.11. The van der Waals surface area contributed by atoms with Gasteiger partial charge in [-0.15, -0.1) is 0 Å². The third-order valence-corrected chi connectivity index (χ3v) is 3.38. The molecule has 0 atom stereocenters. The lowest BCUT2D eigenvalue weighted by Crippen LogP contribution is -2.19. The van der Waals surface area contributed by atoms with Crippen LogP contribution in [0.15, 0.2) is 29.2 Å². The fraction of sp³-hybridized carbons (Fsp3) is 0.100. The number of hydrogen-bond donors (Lipinski definition) is 2. The molecule has 1 aromatic rings. The van der Waals surface area contributed by atoms with Crippen molar-refractivity contribution >= 4 is 22.1 Å². The van der Waals surface area contributed by atoms with Crippen molar-refractivity contribution in [3.63, 3.8) is 0 Å². The quantitative estimate of drug-likeness (QED) is 0.784. The number of carboxylic acid groups (broad SMARTS) is 1. The van der Waals surface area contributed by atoms with Crippen LogP contribution in [-0.2, 0) is 14.8 Å². The van der Waals surface area contributed by atoms with Crippen LogP contribution in [0, 0.1) is 5.82 Å². The molecule has 0 aliphatic carbocycles. The van der Waals surface area contributed by atoms with Gasteiger partial charge in [0.1, 0.15) is 10.7 Å². The molecule has 0 amide bonds. The Hall–Kier alpha value is -1.73. The molecule has 1 rings (SSSR count). The largest absolute Gasteiger partial charge is 0.478 e. The van der Waals surface area contributed by atoms with E-state index in [0.717, 1.165) is 18.2 Å². The van der Waals surface area contributed by atoms with Crippen LogP contribution >= 0.6 is 0 Å². The van der Waals surface area contributed by atoms with Gasteiger partial charge < -0.3 is 5.11 Å². The lowest BCUT2D eigenvalue weighted by atomic mass is 10.2. The van der Waals surface area contributed by atoms with Crippen LogP contribution < -0.4 is 4.72 Å². The summed E-state index contributed by atoms with van der Waals surface area (Å²) in [7, 11) is -2.67. The zero-order chi connectivity index (χ0) is 13.1. The van der Waals surface area contributed by atoms with E-state index in [0.29, 0.717) is 0 Å². The summed E-state index contributed by atoms with van der Waals surface area (Å²) in [4.78, 5) is 9.76. The van der Waals surface area contributed by atoms with Gasteiger partial charge in [0.05, 0.1) is 0 Å². The Morgan fingerprint density at radius 2 is 2.12 bits per heavy atom. The third kappa shape index (κ3) is 3.36. The fourth-order valence-electron chi connectivity index (χ4n) is 1.12. The first kappa shape index (κ1) is 13.3. The Kier molecular flexibility index (Phi) is 3.97. The second kappa shape index (κ2) is 5.07. The van der Waals surface area contributed by atoms with Crippen LogP contribution in [0.5, 0.6) is 0 Å². The second-order valence-corrected chi connectivity index (χ2v) is 4.92. The van der Waals surface area contributed by atoms with Gasteiger partial charge in [-0.2, -0.15) is 0 Å². The Morgan fingerprint density at radius 1 is 1.47 bits per heavy atom. The van der Waals surface area contributed by atoms with Gasteiger partial charge in [-0.25, -0.2) is 22.3 Å². The molecule has 0 aromatic heterocycles. The highest BCUT2D eigenvalue weighted by Crippen LogP contribution is 2.16. The summed E-state index contributed by atoms with van der Waals surface area (Å²) in [6, 6.07) is 3.33. The Balaban J connectivity index is 3.15. The second-order valence-electron chi connectivity index (χ2n) is 3.07. The maximum Gasteiger partial charge on any atom is 0.328 e. The molecule has 0 saturated carbocycles. The molecule has 0 aliphatic heterocycles. The molecule has 0 spiro atoms. The molecule has 0 bridgehead atoms. The van der Waals surface area contributed by atoms with E-state index in [2.05, 4.69) is 0 Å². The van der Waals surface area contributed by atoms with Crippen LogP contribution in [0.2, 0.25) is 0 Å². The lowest BCUT2D eigenvalue weighted by Gasteiger charge is -2.04. The number of carbonyl (C=O) groups is 1. The standard InChI is InChI=1S/C10H10FNO4S/c1-12-17(15,16)9-4-2-7(6-8(9)11)3-5-10(13)14/h2-6,12H,1H3,(H,13,14)/b5-3+. The molecule has 0 radical (unpaired) electrons. The van der Waals surface area contributed by atoms with Crippen LogP contribution in [0.4, 0.5) is 4.39 Å². The number of rotatable bonds is 4. The summed E-state index contributed by atoms with van der Waals surface area (Å²) in [5.41, 5.74) is 0.264. The first-order valence-electron chi connectivity index (χ1n) is 4.51. The van der Waals surface area contributed by atoms with Crippen molar-refractivity contribution in [2.45, 2.75) is 4.90 Å². The Bertz CT molecular complexity index is 566. The van der Waals surface area contributed by atoms with Gasteiger partial charge in [0, 0.05) is 6.08 Å². The molecule has 0 aliphatic rings. The van der Waals surface area contributed by atoms with Crippen molar-refractivity contribution < 1.29 is 22.7 Å². The first-order chi connectivity index (χ1) is 7.86. The minimum atomic E-state index is -3.84. The summed E-state index contributed by atoms with van der Waals surface area (Å²) >= 11 is 0. The normalized spacial score (nSPS) is 11.9. The Morgan fingerprint density at radius 3 is 2.59 bits per heavy atom. The third-order valence-electron chi connectivity index (χ3n) is 1.93. The van der Waals surface area contributed by atoms with E-state index < -0.39 is 26.7 Å². The summed E-state index contributed by atoms with van der Waals surface area (Å²) in [6.07, 6.45) is 2.00. The van der Waals surface area contributed by atoms with Crippen molar-refractivity contribution in [2.24, 2.45) is 0 Å². The van der Waals surface area contributed by atoms with E-state index in [1.807, 2.05) is 4.72 Å². The molecule has 0 saturated heterocycles.